The molecule has 0 heterocycles. The van der Waals surface area contributed by atoms with Crippen LogP contribution in [0.15, 0.2) is 109 Å². The first-order valence-corrected chi connectivity index (χ1v) is 33.9. The fraction of sp³-hybridized carbons (Fsp3) is 0.716. The molecule has 0 spiro atoms. The molecule has 6 nitrogen and oxygen atoms in total. The molecule has 0 aromatic carbocycles. The first-order chi connectivity index (χ1) is 39.5. The summed E-state index contributed by atoms with van der Waals surface area (Å²) in [5, 5.41) is 0. The van der Waals surface area contributed by atoms with Crippen LogP contribution < -0.4 is 0 Å². The lowest BCUT2D eigenvalue weighted by Crippen LogP contribution is -2.30. The lowest BCUT2D eigenvalue weighted by molar-refractivity contribution is -0.167. The van der Waals surface area contributed by atoms with Crippen LogP contribution in [0.1, 0.15) is 323 Å². The van der Waals surface area contributed by atoms with Gasteiger partial charge in [0.15, 0.2) is 6.10 Å². The van der Waals surface area contributed by atoms with Gasteiger partial charge in [-0.1, -0.05) is 310 Å². The fourth-order valence-electron chi connectivity index (χ4n) is 9.52. The van der Waals surface area contributed by atoms with E-state index in [1.165, 1.54) is 141 Å². The number of allylic oxidation sites excluding steroid dienone is 18. The van der Waals surface area contributed by atoms with Gasteiger partial charge in [-0.25, -0.2) is 0 Å². The Morgan fingerprint density at radius 1 is 0.263 bits per heavy atom. The number of hydrogen-bond donors (Lipinski definition) is 0. The van der Waals surface area contributed by atoms with Gasteiger partial charge in [0.25, 0.3) is 0 Å². The van der Waals surface area contributed by atoms with Crippen molar-refractivity contribution in [2.45, 2.75) is 329 Å². The molecule has 0 aromatic rings. The Labute approximate surface area is 495 Å². The quantitative estimate of drug-likeness (QED) is 0.0261. The normalized spacial score (nSPS) is 12.8. The third kappa shape index (κ3) is 64.9. The van der Waals surface area contributed by atoms with E-state index in [4.69, 9.17) is 14.2 Å². The number of esters is 3. The second-order valence-corrected chi connectivity index (χ2v) is 22.3. The van der Waals surface area contributed by atoms with E-state index in [9.17, 15) is 14.4 Å². The summed E-state index contributed by atoms with van der Waals surface area (Å²) in [5.74, 6) is -0.900. The van der Waals surface area contributed by atoms with Crippen molar-refractivity contribution >= 4 is 17.9 Å². The number of rotatable bonds is 61. The van der Waals surface area contributed by atoms with Gasteiger partial charge in [-0.2, -0.15) is 0 Å². The number of carbonyl (C=O) groups is 3. The average molecular weight is 1110 g/mol. The second kappa shape index (κ2) is 67.6. The second-order valence-electron chi connectivity index (χ2n) is 22.3. The molecule has 458 valence electrons. The number of ether oxygens (including phenoxy) is 3. The van der Waals surface area contributed by atoms with Crippen molar-refractivity contribution in [3.63, 3.8) is 0 Å². The number of carbonyl (C=O) groups excluding carboxylic acids is 3. The minimum Gasteiger partial charge on any atom is -0.462 e. The molecule has 0 fully saturated rings. The van der Waals surface area contributed by atoms with E-state index in [0.717, 1.165) is 141 Å². The van der Waals surface area contributed by atoms with Crippen LogP contribution in [0.2, 0.25) is 0 Å². The lowest BCUT2D eigenvalue weighted by atomic mass is 10.0. The molecular weight excluding hydrogens is 985 g/mol. The summed E-state index contributed by atoms with van der Waals surface area (Å²) < 4.78 is 17.0. The summed E-state index contributed by atoms with van der Waals surface area (Å²) in [6.07, 6.45) is 92.4. The molecule has 0 aliphatic heterocycles. The maximum atomic E-state index is 13.0. The molecule has 0 aromatic heterocycles. The van der Waals surface area contributed by atoms with Crippen LogP contribution >= 0.6 is 0 Å². The van der Waals surface area contributed by atoms with Gasteiger partial charge in [0, 0.05) is 19.3 Å². The SMILES string of the molecule is CC/C=C\C/C=C\C/C=C\C/C=C\C/C=C\CCCCCCCC(=O)OCC(COC(=O)CCCCCCCCCCCCCCCCCCCCCC)OC(=O)CCCCCCCCCC/C=C\C/C=C\C/C=C\C/C=C\CC. The topological polar surface area (TPSA) is 78.9 Å². The van der Waals surface area contributed by atoms with E-state index < -0.39 is 6.10 Å². The Balaban J connectivity index is 4.43. The van der Waals surface area contributed by atoms with Gasteiger partial charge in [0.05, 0.1) is 0 Å². The molecule has 1 atom stereocenters. The van der Waals surface area contributed by atoms with E-state index in [2.05, 4.69) is 130 Å². The predicted molar refractivity (Wildman–Crippen MR) is 348 cm³/mol. The molecule has 1 unspecified atom stereocenters. The summed E-state index contributed by atoms with van der Waals surface area (Å²) in [6.45, 7) is 6.43. The van der Waals surface area contributed by atoms with Crippen LogP contribution in [0.5, 0.6) is 0 Å². The van der Waals surface area contributed by atoms with Crippen LogP contribution in [0, 0.1) is 0 Å². The van der Waals surface area contributed by atoms with Crippen LogP contribution in [-0.2, 0) is 28.6 Å². The Kier molecular flexibility index (Phi) is 64.3. The van der Waals surface area contributed by atoms with E-state index >= 15 is 0 Å². The molecule has 0 amide bonds. The zero-order valence-corrected chi connectivity index (χ0v) is 52.6. The lowest BCUT2D eigenvalue weighted by Gasteiger charge is -2.18. The Hall–Kier alpha value is -3.93. The van der Waals surface area contributed by atoms with Gasteiger partial charge in [-0.15, -0.1) is 0 Å². The maximum Gasteiger partial charge on any atom is 0.306 e. The van der Waals surface area contributed by atoms with E-state index in [1.807, 2.05) is 0 Å². The minimum atomic E-state index is -0.794. The summed E-state index contributed by atoms with van der Waals surface area (Å²) in [6, 6.07) is 0. The van der Waals surface area contributed by atoms with E-state index in [-0.39, 0.29) is 31.1 Å². The average Bonchev–Trinajstić information content (AvgIpc) is 3.46. The van der Waals surface area contributed by atoms with Crippen LogP contribution in [0.25, 0.3) is 0 Å². The van der Waals surface area contributed by atoms with Crippen molar-refractivity contribution in [1.82, 2.24) is 0 Å². The largest absolute Gasteiger partial charge is 0.462 e. The van der Waals surface area contributed by atoms with Gasteiger partial charge in [-0.05, 0) is 103 Å². The summed E-state index contributed by atoms with van der Waals surface area (Å²) in [7, 11) is 0. The molecule has 0 aliphatic carbocycles. The highest BCUT2D eigenvalue weighted by Crippen LogP contribution is 2.17. The van der Waals surface area contributed by atoms with Crippen molar-refractivity contribution < 1.29 is 28.6 Å². The van der Waals surface area contributed by atoms with Crippen LogP contribution in [0.4, 0.5) is 0 Å². The summed E-state index contributed by atoms with van der Waals surface area (Å²) in [4.78, 5) is 38.5. The van der Waals surface area contributed by atoms with Crippen molar-refractivity contribution in [3.05, 3.63) is 109 Å². The van der Waals surface area contributed by atoms with Gasteiger partial charge in [0.2, 0.25) is 0 Å². The minimum absolute atomic E-state index is 0.0861. The molecule has 0 N–H and O–H groups in total. The summed E-state index contributed by atoms with van der Waals surface area (Å²) >= 11 is 0. The molecular formula is C74H126O6. The first kappa shape index (κ1) is 76.1. The predicted octanol–water partition coefficient (Wildman–Crippen LogP) is 23.4. The van der Waals surface area contributed by atoms with Crippen molar-refractivity contribution in [1.29, 1.82) is 0 Å². The van der Waals surface area contributed by atoms with Gasteiger partial charge in [-0.3, -0.25) is 14.4 Å². The molecule has 0 saturated heterocycles. The molecule has 80 heavy (non-hydrogen) atoms. The monoisotopic (exact) mass is 1110 g/mol. The molecule has 0 saturated carbocycles. The fourth-order valence-corrected chi connectivity index (χ4v) is 9.52. The highest BCUT2D eigenvalue weighted by Gasteiger charge is 2.19. The Bertz CT molecular complexity index is 1610. The van der Waals surface area contributed by atoms with E-state index in [1.54, 1.807) is 0 Å². The maximum absolute atomic E-state index is 13.0. The van der Waals surface area contributed by atoms with Gasteiger partial charge >= 0.3 is 17.9 Å². The first-order valence-electron chi connectivity index (χ1n) is 33.9. The van der Waals surface area contributed by atoms with Crippen molar-refractivity contribution in [2.75, 3.05) is 13.2 Å². The third-order valence-electron chi connectivity index (χ3n) is 14.5. The molecule has 0 aliphatic rings. The molecule has 0 bridgehead atoms. The third-order valence-corrected chi connectivity index (χ3v) is 14.5. The zero-order valence-electron chi connectivity index (χ0n) is 52.6. The van der Waals surface area contributed by atoms with Crippen LogP contribution in [0.3, 0.4) is 0 Å². The van der Waals surface area contributed by atoms with Gasteiger partial charge in [0.1, 0.15) is 13.2 Å². The van der Waals surface area contributed by atoms with Crippen LogP contribution in [-0.4, -0.2) is 37.2 Å². The highest BCUT2D eigenvalue weighted by molar-refractivity contribution is 5.71. The summed E-state index contributed by atoms with van der Waals surface area (Å²) in [5.41, 5.74) is 0. The standard InChI is InChI=1S/C74H126O6/c1-4-7-10-13-16-19-22-25-28-31-34-37-40-43-46-49-52-55-58-61-64-67-73(76)79-70-71(69-78-72(75)66-63-60-57-54-51-48-45-42-39-36-33-30-27-24-21-18-15-12-9-6-3)80-74(77)68-65-62-59-56-53-50-47-44-41-38-35-32-29-26-23-20-17-14-11-8-5-2/h7-8,10-11,16-17,19-20,25-26,28-29,34-35,37-38,43,46,71H,4-6,9,12-15,18,21-24,27,30-33,36,39-42,44-45,47-70H2,1-3H3/b10-7-,11-8-,19-16-,20-17-,28-25-,29-26-,37-34-,38-35-,46-43-. The molecule has 0 rings (SSSR count). The number of hydrogen-bond acceptors (Lipinski definition) is 6. The highest BCUT2D eigenvalue weighted by atomic mass is 16.6. The van der Waals surface area contributed by atoms with E-state index in [0.29, 0.717) is 19.3 Å². The molecule has 6 heteroatoms. The Morgan fingerprint density at radius 3 is 0.762 bits per heavy atom. The Morgan fingerprint density at radius 2 is 0.487 bits per heavy atom. The van der Waals surface area contributed by atoms with Crippen molar-refractivity contribution in [2.24, 2.45) is 0 Å². The molecule has 0 radical (unpaired) electrons. The van der Waals surface area contributed by atoms with Gasteiger partial charge < -0.3 is 14.2 Å². The zero-order chi connectivity index (χ0) is 57.8. The number of unbranched alkanes of at least 4 members (excludes halogenated alkanes) is 32. The smallest absolute Gasteiger partial charge is 0.306 e. The van der Waals surface area contributed by atoms with Crippen molar-refractivity contribution in [3.8, 4) is 0 Å².